The zero-order valence-electron chi connectivity index (χ0n) is 9.46. The van der Waals surface area contributed by atoms with E-state index in [2.05, 4.69) is 0 Å². The van der Waals surface area contributed by atoms with Crippen molar-refractivity contribution in [1.82, 2.24) is 0 Å². The van der Waals surface area contributed by atoms with E-state index in [1.165, 1.54) is 13.2 Å². The summed E-state index contributed by atoms with van der Waals surface area (Å²) in [6, 6.07) is 3.26. The first-order chi connectivity index (χ1) is 7.60. The van der Waals surface area contributed by atoms with E-state index in [0.717, 1.165) is 11.1 Å². The Balaban J connectivity index is 3.14. The molecule has 90 valence electrons. The smallest absolute Gasteiger partial charge is 0.267 e. The van der Waals surface area contributed by atoms with E-state index >= 15 is 0 Å². The first-order valence-electron chi connectivity index (χ1n) is 5.16. The molecule has 0 aromatic heterocycles. The predicted octanol–water partition coefficient (Wildman–Crippen LogP) is 2.87. The molecular weight excluding hydrogens is 214 g/mol. The molecule has 0 aliphatic rings. The molecule has 16 heavy (non-hydrogen) atoms. The predicted molar refractivity (Wildman–Crippen MR) is 58.1 cm³/mol. The van der Waals surface area contributed by atoms with Gasteiger partial charge in [0.2, 0.25) is 0 Å². The Labute approximate surface area is 93.9 Å². The summed E-state index contributed by atoms with van der Waals surface area (Å²) in [4.78, 5) is 0. The molecular formula is C12H16F2O2. The lowest BCUT2D eigenvalue weighted by Gasteiger charge is -2.14. The molecule has 0 aliphatic heterocycles. The fraction of sp³-hybridized carbons (Fsp3) is 0.500. The van der Waals surface area contributed by atoms with Crippen molar-refractivity contribution in [3.63, 3.8) is 0 Å². The van der Waals surface area contributed by atoms with Crippen molar-refractivity contribution in [3.05, 3.63) is 28.8 Å². The van der Waals surface area contributed by atoms with Crippen LogP contribution in [0.2, 0.25) is 0 Å². The van der Waals surface area contributed by atoms with E-state index in [-0.39, 0.29) is 17.9 Å². The van der Waals surface area contributed by atoms with Crippen LogP contribution in [0.4, 0.5) is 8.78 Å². The van der Waals surface area contributed by atoms with Crippen molar-refractivity contribution >= 4 is 0 Å². The number of benzene rings is 1. The van der Waals surface area contributed by atoms with Gasteiger partial charge in [-0.1, -0.05) is 11.6 Å². The normalized spacial score (nSPS) is 10.9. The second-order valence-electron chi connectivity index (χ2n) is 3.67. The third-order valence-corrected chi connectivity index (χ3v) is 2.38. The Morgan fingerprint density at radius 1 is 1.38 bits per heavy atom. The van der Waals surface area contributed by atoms with E-state index in [0.29, 0.717) is 12.8 Å². The minimum absolute atomic E-state index is 0.0428. The van der Waals surface area contributed by atoms with E-state index in [1.54, 1.807) is 6.92 Å². The molecule has 2 nitrogen and oxygen atoms in total. The molecule has 0 spiro atoms. The van der Waals surface area contributed by atoms with Crippen LogP contribution >= 0.6 is 0 Å². The maximum absolute atomic E-state index is 12.8. The van der Waals surface area contributed by atoms with Gasteiger partial charge in [-0.25, -0.2) is 8.78 Å². The number of aliphatic hydroxyl groups excluding tert-OH is 1. The summed E-state index contributed by atoms with van der Waals surface area (Å²) in [5.74, 6) is 0.244. The van der Waals surface area contributed by atoms with Crippen molar-refractivity contribution < 1.29 is 18.6 Å². The lowest BCUT2D eigenvalue weighted by molar-refractivity contribution is 0.146. The molecule has 1 aromatic carbocycles. The SMILES string of the molecule is COc1c(CCCO)cc(C)cc1C(F)F. The molecule has 1 N–H and O–H groups in total. The van der Waals surface area contributed by atoms with Gasteiger partial charge in [0.05, 0.1) is 12.7 Å². The number of alkyl halides is 2. The fourth-order valence-electron chi connectivity index (χ4n) is 1.74. The van der Waals surface area contributed by atoms with Crippen LogP contribution in [0.3, 0.4) is 0 Å². The lowest BCUT2D eigenvalue weighted by Crippen LogP contribution is -2.00. The average Bonchev–Trinajstić information content (AvgIpc) is 2.25. The summed E-state index contributed by atoms with van der Waals surface area (Å²) >= 11 is 0. The molecule has 4 heteroatoms. The van der Waals surface area contributed by atoms with Gasteiger partial charge in [0.15, 0.2) is 0 Å². The molecule has 1 aromatic rings. The quantitative estimate of drug-likeness (QED) is 0.842. The van der Waals surface area contributed by atoms with Crippen LogP contribution in [0.5, 0.6) is 5.75 Å². The van der Waals surface area contributed by atoms with Crippen LogP contribution in [0, 0.1) is 6.92 Å². The van der Waals surface area contributed by atoms with Gasteiger partial charge in [0, 0.05) is 6.61 Å². The topological polar surface area (TPSA) is 29.5 Å². The van der Waals surface area contributed by atoms with Crippen LogP contribution < -0.4 is 4.74 Å². The molecule has 0 amide bonds. The number of rotatable bonds is 5. The highest BCUT2D eigenvalue weighted by Gasteiger charge is 2.17. The average molecular weight is 230 g/mol. The number of ether oxygens (including phenoxy) is 1. The molecule has 0 unspecified atom stereocenters. The third kappa shape index (κ3) is 2.92. The molecule has 0 heterocycles. The van der Waals surface area contributed by atoms with Crippen molar-refractivity contribution in [2.45, 2.75) is 26.2 Å². The Bertz CT molecular complexity index is 351. The Hall–Kier alpha value is -1.16. The van der Waals surface area contributed by atoms with Gasteiger partial charge >= 0.3 is 0 Å². The maximum Gasteiger partial charge on any atom is 0.267 e. The Morgan fingerprint density at radius 3 is 2.56 bits per heavy atom. The fourth-order valence-corrected chi connectivity index (χ4v) is 1.74. The zero-order chi connectivity index (χ0) is 12.1. The standard InChI is InChI=1S/C12H16F2O2/c1-8-6-9(4-3-5-15)11(16-2)10(7-8)12(13)14/h6-7,12,15H,3-5H2,1-2H3. The molecule has 0 saturated carbocycles. The number of aliphatic hydroxyl groups is 1. The molecule has 0 bridgehead atoms. The summed E-state index contributed by atoms with van der Waals surface area (Å²) in [5, 5.41) is 8.75. The van der Waals surface area contributed by atoms with E-state index in [1.807, 2.05) is 6.07 Å². The minimum Gasteiger partial charge on any atom is -0.496 e. The zero-order valence-corrected chi connectivity index (χ0v) is 9.46. The Kier molecular flexibility index (Phi) is 4.68. The van der Waals surface area contributed by atoms with Gasteiger partial charge in [-0.2, -0.15) is 0 Å². The van der Waals surface area contributed by atoms with Crippen LogP contribution in [-0.2, 0) is 6.42 Å². The van der Waals surface area contributed by atoms with E-state index < -0.39 is 6.43 Å². The van der Waals surface area contributed by atoms with Crippen LogP contribution in [0.25, 0.3) is 0 Å². The van der Waals surface area contributed by atoms with Crippen molar-refractivity contribution in [3.8, 4) is 5.75 Å². The van der Waals surface area contributed by atoms with Gasteiger partial charge in [0.25, 0.3) is 6.43 Å². The molecule has 0 aliphatic carbocycles. The number of hydrogen-bond donors (Lipinski definition) is 1. The van der Waals surface area contributed by atoms with Crippen molar-refractivity contribution in [2.24, 2.45) is 0 Å². The summed E-state index contributed by atoms with van der Waals surface area (Å²) < 4.78 is 30.6. The highest BCUT2D eigenvalue weighted by atomic mass is 19.3. The molecule has 0 atom stereocenters. The van der Waals surface area contributed by atoms with Gasteiger partial charge in [-0.3, -0.25) is 0 Å². The number of halogens is 2. The summed E-state index contributed by atoms with van der Waals surface area (Å²) in [5.41, 5.74) is 1.44. The van der Waals surface area contributed by atoms with E-state index in [4.69, 9.17) is 9.84 Å². The van der Waals surface area contributed by atoms with E-state index in [9.17, 15) is 8.78 Å². The van der Waals surface area contributed by atoms with Crippen LogP contribution in [0.15, 0.2) is 12.1 Å². The van der Waals surface area contributed by atoms with Crippen LogP contribution in [-0.4, -0.2) is 18.8 Å². The second-order valence-corrected chi connectivity index (χ2v) is 3.67. The largest absolute Gasteiger partial charge is 0.496 e. The number of aryl methyl sites for hydroxylation is 2. The monoisotopic (exact) mass is 230 g/mol. The molecule has 1 rings (SSSR count). The first-order valence-corrected chi connectivity index (χ1v) is 5.16. The van der Waals surface area contributed by atoms with Gasteiger partial charge in [-0.15, -0.1) is 0 Å². The second kappa shape index (κ2) is 5.80. The van der Waals surface area contributed by atoms with Crippen molar-refractivity contribution in [2.75, 3.05) is 13.7 Å². The van der Waals surface area contributed by atoms with Gasteiger partial charge < -0.3 is 9.84 Å². The summed E-state index contributed by atoms with van der Waals surface area (Å²) in [6.45, 7) is 1.81. The van der Waals surface area contributed by atoms with Crippen LogP contribution in [0.1, 0.15) is 29.5 Å². The number of hydrogen-bond acceptors (Lipinski definition) is 2. The first kappa shape index (κ1) is 12.9. The van der Waals surface area contributed by atoms with Gasteiger partial charge in [0.1, 0.15) is 5.75 Å². The highest BCUT2D eigenvalue weighted by Crippen LogP contribution is 2.33. The molecule has 0 fully saturated rings. The molecule has 0 radical (unpaired) electrons. The number of methoxy groups -OCH3 is 1. The Morgan fingerprint density at radius 2 is 2.06 bits per heavy atom. The maximum atomic E-state index is 12.8. The lowest BCUT2D eigenvalue weighted by atomic mass is 10.0. The van der Waals surface area contributed by atoms with Gasteiger partial charge in [-0.05, 0) is 31.4 Å². The third-order valence-electron chi connectivity index (χ3n) is 2.38. The van der Waals surface area contributed by atoms with Crippen molar-refractivity contribution in [1.29, 1.82) is 0 Å². The minimum atomic E-state index is -2.54. The molecule has 0 saturated heterocycles. The summed E-state index contributed by atoms with van der Waals surface area (Å²) in [7, 11) is 1.39. The highest BCUT2D eigenvalue weighted by molar-refractivity contribution is 5.45. The summed E-state index contributed by atoms with van der Waals surface area (Å²) in [6.07, 6.45) is -1.45.